The number of hydrogen-bond acceptors (Lipinski definition) is 3. The fourth-order valence-corrected chi connectivity index (χ4v) is 3.74. The number of fused-ring (bicyclic) bond motifs is 1. The average molecular weight is 363 g/mol. The minimum Gasteiger partial charge on any atom is -0.324 e. The summed E-state index contributed by atoms with van der Waals surface area (Å²) in [6.45, 7) is 5.30. The van der Waals surface area contributed by atoms with Crippen LogP contribution < -0.4 is 21.5 Å². The Balaban J connectivity index is 1.77. The molecule has 3 N–H and O–H groups in total. The lowest BCUT2D eigenvalue weighted by Gasteiger charge is -2.32. The van der Waals surface area contributed by atoms with E-state index in [2.05, 4.69) is 29.4 Å². The van der Waals surface area contributed by atoms with Gasteiger partial charge in [0.2, 0.25) is 0 Å². The van der Waals surface area contributed by atoms with Crippen molar-refractivity contribution in [2.24, 2.45) is 0 Å². The number of aryl methyl sites for hydroxylation is 1. The topological polar surface area (TPSA) is 71.3 Å². The molecule has 2 aromatic carbocycles. The van der Waals surface area contributed by atoms with Crippen molar-refractivity contribution in [1.82, 2.24) is 9.55 Å². The van der Waals surface area contributed by atoms with Gasteiger partial charge in [0.15, 0.2) is 6.67 Å². The number of para-hydroxylation sites is 1. The second kappa shape index (κ2) is 6.89. The smallest absolute Gasteiger partial charge is 0.324 e. The van der Waals surface area contributed by atoms with Gasteiger partial charge in [0.25, 0.3) is 5.56 Å². The van der Waals surface area contributed by atoms with Crippen molar-refractivity contribution in [2.45, 2.75) is 26.4 Å². The number of nitrogens with zero attached hydrogens (tertiary/aromatic N) is 1. The highest BCUT2D eigenvalue weighted by Crippen LogP contribution is 2.20. The van der Waals surface area contributed by atoms with E-state index >= 15 is 0 Å². The Morgan fingerprint density at radius 2 is 1.74 bits per heavy atom. The Hall–Kier alpha value is -3.12. The Labute approximate surface area is 157 Å². The van der Waals surface area contributed by atoms with Gasteiger partial charge in [-0.25, -0.2) is 9.36 Å². The molecule has 138 valence electrons. The van der Waals surface area contributed by atoms with Crippen molar-refractivity contribution in [2.75, 3.05) is 12.0 Å². The Morgan fingerprint density at radius 1 is 1.04 bits per heavy atom. The molecule has 0 radical (unpaired) electrons. The van der Waals surface area contributed by atoms with E-state index in [0.717, 1.165) is 11.3 Å². The summed E-state index contributed by atoms with van der Waals surface area (Å²) >= 11 is 0. The van der Waals surface area contributed by atoms with Crippen molar-refractivity contribution in [3.8, 4) is 5.69 Å². The quantitative estimate of drug-likeness (QED) is 0.658. The molecule has 2 atom stereocenters. The molecule has 0 aliphatic carbocycles. The number of quaternary nitrogens is 1. The number of anilines is 1. The third kappa shape index (κ3) is 3.08. The fourth-order valence-electron chi connectivity index (χ4n) is 3.74. The molecule has 6 nitrogen and oxygen atoms in total. The van der Waals surface area contributed by atoms with Crippen molar-refractivity contribution in [1.29, 1.82) is 0 Å². The van der Waals surface area contributed by atoms with Crippen LogP contribution in [0.5, 0.6) is 0 Å². The van der Waals surface area contributed by atoms with Crippen molar-refractivity contribution < 1.29 is 4.90 Å². The van der Waals surface area contributed by atoms with Gasteiger partial charge in [0.1, 0.15) is 24.0 Å². The summed E-state index contributed by atoms with van der Waals surface area (Å²) in [6, 6.07) is 18.2. The van der Waals surface area contributed by atoms with E-state index in [4.69, 9.17) is 0 Å². The molecule has 1 aromatic heterocycles. The van der Waals surface area contributed by atoms with Gasteiger partial charge in [-0.1, -0.05) is 48.5 Å². The van der Waals surface area contributed by atoms with Crippen LogP contribution in [0.1, 0.15) is 29.7 Å². The number of H-pyrrole nitrogens is 1. The van der Waals surface area contributed by atoms with Crippen LogP contribution in [0.4, 0.5) is 5.82 Å². The first kappa shape index (κ1) is 17.3. The van der Waals surface area contributed by atoms with Gasteiger partial charge in [0, 0.05) is 5.56 Å². The predicted octanol–water partition coefficient (Wildman–Crippen LogP) is 1.36. The van der Waals surface area contributed by atoms with Gasteiger partial charge in [-0.05, 0) is 25.5 Å². The number of aromatic nitrogens is 2. The van der Waals surface area contributed by atoms with Crippen LogP contribution in [-0.4, -0.2) is 16.2 Å². The van der Waals surface area contributed by atoms with Crippen LogP contribution >= 0.6 is 0 Å². The summed E-state index contributed by atoms with van der Waals surface area (Å²) in [7, 11) is 0. The molecule has 1 aliphatic rings. The minimum absolute atomic E-state index is 0.227. The maximum atomic E-state index is 12.6. The summed E-state index contributed by atoms with van der Waals surface area (Å²) in [4.78, 5) is 28.8. The standard InChI is InChI=1S/C21H22N4O2/c1-14-8-6-7-11-18(14)25-19-17(20(26)23-21(25)27)12-24(13-22-19)15(2)16-9-4-3-5-10-16/h3-11,15,22H,12-13H2,1-2H3,(H,23,26,27)/p+1/t15-/m0/s1. The van der Waals surface area contributed by atoms with Gasteiger partial charge in [-0.3, -0.25) is 9.78 Å². The molecular formula is C21H23N4O2+. The molecule has 0 bridgehead atoms. The van der Waals surface area contributed by atoms with Crippen molar-refractivity contribution in [3.05, 3.63) is 92.1 Å². The molecule has 2 heterocycles. The van der Waals surface area contributed by atoms with E-state index < -0.39 is 5.69 Å². The molecule has 6 heteroatoms. The molecule has 3 aromatic rings. The average Bonchev–Trinajstić information content (AvgIpc) is 2.69. The van der Waals surface area contributed by atoms with Gasteiger partial charge < -0.3 is 10.2 Å². The maximum Gasteiger partial charge on any atom is 0.334 e. The molecule has 0 fully saturated rings. The highest BCUT2D eigenvalue weighted by Gasteiger charge is 2.29. The predicted molar refractivity (Wildman–Crippen MR) is 105 cm³/mol. The lowest BCUT2D eigenvalue weighted by molar-refractivity contribution is -0.941. The van der Waals surface area contributed by atoms with Crippen LogP contribution in [0.15, 0.2) is 64.2 Å². The van der Waals surface area contributed by atoms with E-state index in [0.29, 0.717) is 24.6 Å². The second-order valence-corrected chi connectivity index (χ2v) is 7.03. The molecule has 0 spiro atoms. The molecular weight excluding hydrogens is 340 g/mol. The highest BCUT2D eigenvalue weighted by molar-refractivity contribution is 5.53. The van der Waals surface area contributed by atoms with Gasteiger partial charge in [0.05, 0.1) is 5.69 Å². The zero-order valence-corrected chi connectivity index (χ0v) is 15.5. The SMILES string of the molecule is Cc1ccccc1-n1c2c(c(=O)[nH]c1=O)C[NH+]([C@@H](C)c1ccccc1)CN2. The molecule has 27 heavy (non-hydrogen) atoms. The lowest BCUT2D eigenvalue weighted by atomic mass is 10.1. The summed E-state index contributed by atoms with van der Waals surface area (Å²) < 4.78 is 1.58. The number of rotatable bonds is 3. The molecule has 4 rings (SSSR count). The lowest BCUT2D eigenvalue weighted by Crippen LogP contribution is -3.12. The van der Waals surface area contributed by atoms with E-state index in [-0.39, 0.29) is 11.6 Å². The summed E-state index contributed by atoms with van der Waals surface area (Å²) in [5, 5.41) is 3.35. The molecule has 0 amide bonds. The first-order valence-electron chi connectivity index (χ1n) is 9.14. The van der Waals surface area contributed by atoms with E-state index in [1.165, 1.54) is 10.5 Å². The third-order valence-electron chi connectivity index (χ3n) is 5.36. The molecule has 1 aliphatic heterocycles. The molecule has 1 unspecified atom stereocenters. The van der Waals surface area contributed by atoms with Crippen LogP contribution in [0.2, 0.25) is 0 Å². The van der Waals surface area contributed by atoms with E-state index in [1.807, 2.05) is 49.4 Å². The molecule has 0 saturated heterocycles. The number of hydrogen-bond donors (Lipinski definition) is 3. The first-order chi connectivity index (χ1) is 13.1. The monoisotopic (exact) mass is 363 g/mol. The third-order valence-corrected chi connectivity index (χ3v) is 5.36. The second-order valence-electron chi connectivity index (χ2n) is 7.03. The number of nitrogens with one attached hydrogen (secondary N) is 3. The normalized spacial score (nSPS) is 17.0. The van der Waals surface area contributed by atoms with Gasteiger partial charge in [-0.2, -0.15) is 0 Å². The number of benzene rings is 2. The van der Waals surface area contributed by atoms with Crippen LogP contribution in [0.3, 0.4) is 0 Å². The van der Waals surface area contributed by atoms with Gasteiger partial charge in [-0.15, -0.1) is 0 Å². The molecule has 0 saturated carbocycles. The Morgan fingerprint density at radius 3 is 2.48 bits per heavy atom. The van der Waals surface area contributed by atoms with Crippen molar-refractivity contribution in [3.63, 3.8) is 0 Å². The summed E-state index contributed by atoms with van der Waals surface area (Å²) in [5.41, 5.74) is 2.86. The zero-order valence-electron chi connectivity index (χ0n) is 15.5. The maximum absolute atomic E-state index is 12.6. The van der Waals surface area contributed by atoms with Crippen LogP contribution in [0, 0.1) is 6.92 Å². The van der Waals surface area contributed by atoms with E-state index in [1.54, 1.807) is 4.57 Å². The van der Waals surface area contributed by atoms with Crippen molar-refractivity contribution >= 4 is 5.82 Å². The van der Waals surface area contributed by atoms with Crippen LogP contribution in [-0.2, 0) is 6.54 Å². The highest BCUT2D eigenvalue weighted by atomic mass is 16.2. The van der Waals surface area contributed by atoms with Crippen LogP contribution in [0.25, 0.3) is 5.69 Å². The van der Waals surface area contributed by atoms with Gasteiger partial charge >= 0.3 is 5.69 Å². The van der Waals surface area contributed by atoms with E-state index in [9.17, 15) is 9.59 Å². The zero-order chi connectivity index (χ0) is 19.0. The first-order valence-corrected chi connectivity index (χ1v) is 9.14. The Bertz CT molecular complexity index is 1090. The summed E-state index contributed by atoms with van der Waals surface area (Å²) in [6.07, 6.45) is 0. The summed E-state index contributed by atoms with van der Waals surface area (Å²) in [5.74, 6) is 0.599. The number of aromatic amines is 1. The Kier molecular flexibility index (Phi) is 4.41. The largest absolute Gasteiger partial charge is 0.334 e. The fraction of sp³-hybridized carbons (Fsp3) is 0.238. The minimum atomic E-state index is -0.417.